The Hall–Kier alpha value is -1.45. The van der Waals surface area contributed by atoms with Crippen LogP contribution in [0.4, 0.5) is 22.0 Å². The lowest BCUT2D eigenvalue weighted by Gasteiger charge is -2.14. The van der Waals surface area contributed by atoms with Crippen molar-refractivity contribution in [3.05, 3.63) is 0 Å². The highest BCUT2D eigenvalue weighted by molar-refractivity contribution is 5.73. The zero-order valence-electron chi connectivity index (χ0n) is 8.80. The minimum atomic E-state index is -5.08. The summed E-state index contributed by atoms with van der Waals surface area (Å²) in [6.45, 7) is -0.301. The molecule has 10 heteroatoms. The summed E-state index contributed by atoms with van der Waals surface area (Å²) in [4.78, 5) is 19.0. The van der Waals surface area contributed by atoms with E-state index in [1.807, 2.05) is 0 Å². The van der Waals surface area contributed by atoms with Crippen LogP contribution in [0.1, 0.15) is 6.42 Å². The molecule has 0 aromatic rings. The van der Waals surface area contributed by atoms with Gasteiger partial charge in [-0.1, -0.05) is 0 Å². The van der Waals surface area contributed by atoms with Crippen molar-refractivity contribution in [1.82, 2.24) is 5.32 Å². The van der Waals surface area contributed by atoms with Crippen molar-refractivity contribution >= 4 is 11.9 Å². The van der Waals surface area contributed by atoms with Crippen LogP contribution in [0.25, 0.3) is 0 Å². The molecule has 1 rings (SSSR count). The molecule has 18 heavy (non-hydrogen) atoms. The average Bonchev–Trinajstić information content (AvgIpc) is 2.44. The summed E-state index contributed by atoms with van der Waals surface area (Å²) < 4.78 is 57.0. The van der Waals surface area contributed by atoms with E-state index in [0.29, 0.717) is 0 Å². The normalized spacial score (nSPS) is 21.9. The standard InChI is InChI=1S/C6H9F2NO2.C2HF3O2/c7-6(8)3-9-2-4(6)1-5(10)11;3-2(4,5)1(6)7/h4,9H,1-3H2,(H,10,11);(H,6,7). The summed E-state index contributed by atoms with van der Waals surface area (Å²) in [5.41, 5.74) is 0. The molecule has 1 fully saturated rings. The zero-order valence-corrected chi connectivity index (χ0v) is 8.80. The molecule has 1 aliphatic heterocycles. The summed E-state index contributed by atoms with van der Waals surface area (Å²) in [6.07, 6.45) is -5.54. The van der Waals surface area contributed by atoms with Crippen molar-refractivity contribution in [2.75, 3.05) is 13.1 Å². The average molecular weight is 279 g/mol. The molecule has 0 amide bonds. The third kappa shape index (κ3) is 5.75. The van der Waals surface area contributed by atoms with E-state index in [4.69, 9.17) is 15.0 Å². The van der Waals surface area contributed by atoms with Gasteiger partial charge in [-0.15, -0.1) is 0 Å². The number of carboxylic acids is 2. The Kier molecular flexibility index (Phi) is 5.46. The first-order chi connectivity index (χ1) is 7.97. The van der Waals surface area contributed by atoms with Gasteiger partial charge in [-0.25, -0.2) is 13.6 Å². The summed E-state index contributed by atoms with van der Waals surface area (Å²) in [6, 6.07) is 0. The van der Waals surface area contributed by atoms with Crippen LogP contribution in [0.3, 0.4) is 0 Å². The molecule has 0 spiro atoms. The highest BCUT2D eigenvalue weighted by Gasteiger charge is 2.44. The highest BCUT2D eigenvalue weighted by Crippen LogP contribution is 2.30. The van der Waals surface area contributed by atoms with Gasteiger partial charge in [-0.05, 0) is 0 Å². The van der Waals surface area contributed by atoms with Crippen molar-refractivity contribution in [3.8, 4) is 0 Å². The second-order valence-electron chi connectivity index (χ2n) is 3.49. The van der Waals surface area contributed by atoms with E-state index in [9.17, 15) is 26.7 Å². The molecular weight excluding hydrogens is 269 g/mol. The third-order valence-corrected chi connectivity index (χ3v) is 2.01. The quantitative estimate of drug-likeness (QED) is 0.655. The van der Waals surface area contributed by atoms with Crippen molar-refractivity contribution in [1.29, 1.82) is 0 Å². The maximum absolute atomic E-state index is 12.6. The van der Waals surface area contributed by atoms with Crippen molar-refractivity contribution in [3.63, 3.8) is 0 Å². The van der Waals surface area contributed by atoms with Gasteiger partial charge in [0, 0.05) is 12.5 Å². The minimum absolute atomic E-state index is 0.0965. The Morgan fingerprint density at radius 3 is 1.94 bits per heavy atom. The molecule has 0 aromatic heterocycles. The largest absolute Gasteiger partial charge is 0.490 e. The van der Waals surface area contributed by atoms with E-state index in [1.54, 1.807) is 0 Å². The first kappa shape index (κ1) is 16.6. The number of hydrogen-bond acceptors (Lipinski definition) is 3. The summed E-state index contributed by atoms with van der Waals surface area (Å²) >= 11 is 0. The lowest BCUT2D eigenvalue weighted by Crippen LogP contribution is -2.28. The molecule has 0 aliphatic carbocycles. The van der Waals surface area contributed by atoms with Crippen LogP contribution in [0.15, 0.2) is 0 Å². The Morgan fingerprint density at radius 1 is 1.28 bits per heavy atom. The topological polar surface area (TPSA) is 86.6 Å². The Labute approximate surface area is 97.6 Å². The first-order valence-corrected chi connectivity index (χ1v) is 4.57. The van der Waals surface area contributed by atoms with Crippen molar-refractivity contribution in [2.24, 2.45) is 5.92 Å². The number of aliphatic carboxylic acids is 2. The summed E-state index contributed by atoms with van der Waals surface area (Å²) in [7, 11) is 0. The van der Waals surface area contributed by atoms with Crippen LogP contribution in [0.2, 0.25) is 0 Å². The fraction of sp³-hybridized carbons (Fsp3) is 0.750. The van der Waals surface area contributed by atoms with Gasteiger partial charge in [-0.3, -0.25) is 4.79 Å². The minimum Gasteiger partial charge on any atom is -0.481 e. The third-order valence-electron chi connectivity index (χ3n) is 2.01. The summed E-state index contributed by atoms with van der Waals surface area (Å²) in [5.74, 6) is -7.82. The molecule has 0 bridgehead atoms. The van der Waals surface area contributed by atoms with Gasteiger partial charge in [0.05, 0.1) is 13.0 Å². The molecule has 5 nitrogen and oxygen atoms in total. The van der Waals surface area contributed by atoms with Gasteiger partial charge in [0.15, 0.2) is 0 Å². The van der Waals surface area contributed by atoms with Crippen LogP contribution in [-0.2, 0) is 9.59 Å². The summed E-state index contributed by atoms with van der Waals surface area (Å²) in [5, 5.41) is 17.8. The Bertz CT molecular complexity index is 317. The number of alkyl halides is 5. The second kappa shape index (κ2) is 5.94. The lowest BCUT2D eigenvalue weighted by molar-refractivity contribution is -0.192. The number of carboxylic acid groups (broad SMARTS) is 2. The molecule has 0 radical (unpaired) electrons. The Morgan fingerprint density at radius 2 is 1.72 bits per heavy atom. The monoisotopic (exact) mass is 279 g/mol. The first-order valence-electron chi connectivity index (χ1n) is 4.57. The van der Waals surface area contributed by atoms with Gasteiger partial charge < -0.3 is 15.5 Å². The molecule has 0 saturated carbocycles. The molecule has 1 aliphatic rings. The fourth-order valence-corrected chi connectivity index (χ4v) is 1.14. The van der Waals surface area contributed by atoms with E-state index >= 15 is 0 Å². The van der Waals surface area contributed by atoms with E-state index in [1.165, 1.54) is 0 Å². The molecule has 0 aromatic carbocycles. The van der Waals surface area contributed by atoms with Crippen molar-refractivity contribution < 1.29 is 41.8 Å². The van der Waals surface area contributed by atoms with Crippen LogP contribution in [0.5, 0.6) is 0 Å². The second-order valence-corrected chi connectivity index (χ2v) is 3.49. The predicted octanol–water partition coefficient (Wildman–Crippen LogP) is 0.949. The van der Waals surface area contributed by atoms with E-state index < -0.39 is 42.9 Å². The van der Waals surface area contributed by atoms with E-state index in [2.05, 4.69) is 5.32 Å². The smallest absolute Gasteiger partial charge is 0.481 e. The molecule has 106 valence electrons. The number of nitrogens with one attached hydrogen (secondary N) is 1. The molecule has 1 atom stereocenters. The van der Waals surface area contributed by atoms with Crippen LogP contribution in [-0.4, -0.2) is 47.3 Å². The van der Waals surface area contributed by atoms with Crippen LogP contribution >= 0.6 is 0 Å². The number of hydrogen-bond donors (Lipinski definition) is 3. The SMILES string of the molecule is O=C(O)C(F)(F)F.O=C(O)CC1CNCC1(F)F. The highest BCUT2D eigenvalue weighted by atomic mass is 19.4. The zero-order chi connectivity index (χ0) is 14.6. The van der Waals surface area contributed by atoms with Crippen LogP contribution in [0, 0.1) is 5.92 Å². The molecular formula is C8H10F5NO4. The van der Waals surface area contributed by atoms with Gasteiger partial charge >= 0.3 is 18.1 Å². The number of halogens is 5. The number of rotatable bonds is 2. The number of carbonyl (C=O) groups is 2. The lowest BCUT2D eigenvalue weighted by atomic mass is 10.0. The maximum atomic E-state index is 12.6. The molecule has 1 saturated heterocycles. The fourth-order valence-electron chi connectivity index (χ4n) is 1.14. The van der Waals surface area contributed by atoms with Gasteiger partial charge in [-0.2, -0.15) is 13.2 Å². The molecule has 1 unspecified atom stereocenters. The van der Waals surface area contributed by atoms with E-state index in [-0.39, 0.29) is 6.54 Å². The molecule has 3 N–H and O–H groups in total. The van der Waals surface area contributed by atoms with Crippen molar-refractivity contribution in [2.45, 2.75) is 18.5 Å². The predicted molar refractivity (Wildman–Crippen MR) is 47.3 cm³/mol. The van der Waals surface area contributed by atoms with Crippen LogP contribution < -0.4 is 5.32 Å². The Balaban J connectivity index is 0.000000360. The maximum Gasteiger partial charge on any atom is 0.490 e. The van der Waals surface area contributed by atoms with E-state index in [0.717, 1.165) is 0 Å². The van der Waals surface area contributed by atoms with Gasteiger partial charge in [0.2, 0.25) is 0 Å². The molecule has 1 heterocycles. The van der Waals surface area contributed by atoms with Gasteiger partial charge in [0.25, 0.3) is 5.92 Å². The van der Waals surface area contributed by atoms with Gasteiger partial charge in [0.1, 0.15) is 0 Å².